The van der Waals surface area contributed by atoms with Crippen LogP contribution < -0.4 is 4.72 Å². The van der Waals surface area contributed by atoms with E-state index in [1.54, 1.807) is 23.9 Å². The molecule has 1 N–H and O–H groups in total. The minimum atomic E-state index is -3.15. The van der Waals surface area contributed by atoms with Crippen LogP contribution in [0.1, 0.15) is 0 Å². The Hall–Kier alpha value is -0.680. The Morgan fingerprint density at radius 2 is 1.77 bits per heavy atom. The van der Waals surface area contributed by atoms with E-state index in [-0.39, 0.29) is 0 Å². The Balaban J connectivity index is 2.81. The van der Waals surface area contributed by atoms with Gasteiger partial charge in [-0.05, 0) is 30.5 Å². The normalized spacial score (nSPS) is 11.2. The molecule has 1 rings (SSSR count). The summed E-state index contributed by atoms with van der Waals surface area (Å²) in [5.41, 5.74) is 0.598. The highest BCUT2D eigenvalue weighted by Gasteiger charge is 2.00. The van der Waals surface area contributed by atoms with Gasteiger partial charge in [-0.15, -0.1) is 11.8 Å². The highest BCUT2D eigenvalue weighted by Crippen LogP contribution is 2.17. The van der Waals surface area contributed by atoms with Crippen molar-refractivity contribution in [3.05, 3.63) is 24.3 Å². The Labute approximate surface area is 82.6 Å². The minimum Gasteiger partial charge on any atom is -0.284 e. The lowest BCUT2D eigenvalue weighted by Gasteiger charge is -2.03. The number of thioether (sulfide) groups is 1. The monoisotopic (exact) mass is 217 g/mol. The number of sulfonamides is 1. The molecule has 0 saturated carbocycles. The van der Waals surface area contributed by atoms with Crippen molar-refractivity contribution in [2.75, 3.05) is 17.2 Å². The second-order valence-corrected chi connectivity index (χ2v) is 5.23. The molecule has 0 aromatic heterocycles. The number of hydrogen-bond donors (Lipinski definition) is 1. The van der Waals surface area contributed by atoms with E-state index in [2.05, 4.69) is 4.72 Å². The van der Waals surface area contributed by atoms with Crippen LogP contribution in [0.25, 0.3) is 0 Å². The molecule has 0 saturated heterocycles. The fourth-order valence-electron chi connectivity index (χ4n) is 0.873. The maximum atomic E-state index is 10.8. The van der Waals surface area contributed by atoms with Crippen molar-refractivity contribution in [1.82, 2.24) is 0 Å². The lowest BCUT2D eigenvalue weighted by atomic mass is 10.3. The summed E-state index contributed by atoms with van der Waals surface area (Å²) >= 11 is 1.62. The molecule has 0 fully saturated rings. The van der Waals surface area contributed by atoms with E-state index in [0.29, 0.717) is 5.69 Å². The predicted octanol–water partition coefficient (Wildman–Crippen LogP) is 1.78. The number of benzene rings is 1. The van der Waals surface area contributed by atoms with Gasteiger partial charge in [-0.25, -0.2) is 8.42 Å². The zero-order valence-electron chi connectivity index (χ0n) is 7.44. The van der Waals surface area contributed by atoms with Crippen molar-refractivity contribution >= 4 is 27.5 Å². The second-order valence-electron chi connectivity index (χ2n) is 2.60. The molecule has 3 nitrogen and oxygen atoms in total. The SMILES string of the molecule is CSc1ccc(NS(C)(=O)=O)cc1. The molecule has 1 aromatic carbocycles. The molecule has 0 aliphatic heterocycles. The first-order chi connectivity index (χ1) is 6.01. The Morgan fingerprint density at radius 1 is 1.23 bits per heavy atom. The average molecular weight is 217 g/mol. The first-order valence-electron chi connectivity index (χ1n) is 3.63. The summed E-state index contributed by atoms with van der Waals surface area (Å²) in [7, 11) is -3.15. The van der Waals surface area contributed by atoms with Crippen molar-refractivity contribution in [2.45, 2.75) is 4.90 Å². The molecule has 0 aliphatic rings. The Bertz CT molecular complexity index is 370. The molecule has 13 heavy (non-hydrogen) atoms. The summed E-state index contributed by atoms with van der Waals surface area (Å²) in [5, 5.41) is 0. The maximum absolute atomic E-state index is 10.8. The van der Waals surface area contributed by atoms with Crippen LogP contribution in [0.3, 0.4) is 0 Å². The van der Waals surface area contributed by atoms with Crippen LogP contribution in [0.2, 0.25) is 0 Å². The summed E-state index contributed by atoms with van der Waals surface area (Å²) in [4.78, 5) is 1.11. The zero-order chi connectivity index (χ0) is 9.90. The molecule has 0 unspecified atom stereocenters. The number of anilines is 1. The van der Waals surface area contributed by atoms with Crippen LogP contribution in [0.15, 0.2) is 29.2 Å². The standard InChI is InChI=1S/C8H11NO2S2/c1-12-8-5-3-7(4-6-8)9-13(2,10)11/h3-6,9H,1-2H3. The topological polar surface area (TPSA) is 46.2 Å². The van der Waals surface area contributed by atoms with Gasteiger partial charge in [-0.2, -0.15) is 0 Å². The third-order valence-corrected chi connectivity index (χ3v) is 2.74. The van der Waals surface area contributed by atoms with Gasteiger partial charge in [-0.3, -0.25) is 4.72 Å². The molecular weight excluding hydrogens is 206 g/mol. The van der Waals surface area contributed by atoms with Crippen molar-refractivity contribution in [2.24, 2.45) is 0 Å². The predicted molar refractivity (Wildman–Crippen MR) is 56.7 cm³/mol. The molecule has 0 aliphatic carbocycles. The van der Waals surface area contributed by atoms with Crippen molar-refractivity contribution in [3.63, 3.8) is 0 Å². The van der Waals surface area contributed by atoms with Gasteiger partial charge in [0.1, 0.15) is 0 Å². The van der Waals surface area contributed by atoms with Gasteiger partial charge in [0.15, 0.2) is 0 Å². The van der Waals surface area contributed by atoms with E-state index >= 15 is 0 Å². The maximum Gasteiger partial charge on any atom is 0.229 e. The van der Waals surface area contributed by atoms with Gasteiger partial charge >= 0.3 is 0 Å². The van der Waals surface area contributed by atoms with Crippen molar-refractivity contribution < 1.29 is 8.42 Å². The first kappa shape index (κ1) is 10.4. The quantitative estimate of drug-likeness (QED) is 0.785. The minimum absolute atomic E-state index is 0.598. The molecule has 0 bridgehead atoms. The van der Waals surface area contributed by atoms with E-state index < -0.39 is 10.0 Å². The molecule has 0 amide bonds. The number of hydrogen-bond acceptors (Lipinski definition) is 3. The van der Waals surface area contributed by atoms with Crippen molar-refractivity contribution in [3.8, 4) is 0 Å². The van der Waals surface area contributed by atoms with Gasteiger partial charge in [-0.1, -0.05) is 0 Å². The summed E-state index contributed by atoms with van der Waals surface area (Å²) in [6, 6.07) is 7.23. The molecular formula is C8H11NO2S2. The summed E-state index contributed by atoms with van der Waals surface area (Å²) < 4.78 is 24.1. The van der Waals surface area contributed by atoms with Crippen LogP contribution in [0.4, 0.5) is 5.69 Å². The first-order valence-corrected chi connectivity index (χ1v) is 6.75. The van der Waals surface area contributed by atoms with Crippen LogP contribution >= 0.6 is 11.8 Å². The van der Waals surface area contributed by atoms with Crippen LogP contribution in [0, 0.1) is 0 Å². The highest BCUT2D eigenvalue weighted by molar-refractivity contribution is 7.98. The molecule has 5 heteroatoms. The fraction of sp³-hybridized carbons (Fsp3) is 0.250. The molecule has 0 atom stereocenters. The number of nitrogens with one attached hydrogen (secondary N) is 1. The smallest absolute Gasteiger partial charge is 0.229 e. The third kappa shape index (κ3) is 3.69. The summed E-state index contributed by atoms with van der Waals surface area (Å²) in [6.45, 7) is 0. The Kier molecular flexibility index (Phi) is 3.22. The van der Waals surface area contributed by atoms with Crippen LogP contribution in [-0.4, -0.2) is 20.9 Å². The van der Waals surface area contributed by atoms with E-state index in [1.165, 1.54) is 0 Å². The summed E-state index contributed by atoms with van der Waals surface area (Å²) in [5.74, 6) is 0. The van der Waals surface area contributed by atoms with Crippen LogP contribution in [-0.2, 0) is 10.0 Å². The van der Waals surface area contributed by atoms with E-state index in [0.717, 1.165) is 11.2 Å². The van der Waals surface area contributed by atoms with Gasteiger partial charge in [0.2, 0.25) is 10.0 Å². The average Bonchev–Trinajstić information content (AvgIpc) is 2.03. The lowest BCUT2D eigenvalue weighted by molar-refractivity contribution is 0.607. The largest absolute Gasteiger partial charge is 0.284 e. The van der Waals surface area contributed by atoms with Gasteiger partial charge in [0.05, 0.1) is 6.26 Å². The summed E-state index contributed by atoms with van der Waals surface area (Å²) in [6.07, 6.45) is 3.11. The lowest BCUT2D eigenvalue weighted by Crippen LogP contribution is -2.09. The van der Waals surface area contributed by atoms with Gasteiger partial charge in [0.25, 0.3) is 0 Å². The van der Waals surface area contributed by atoms with Gasteiger partial charge in [0, 0.05) is 10.6 Å². The van der Waals surface area contributed by atoms with E-state index in [1.807, 2.05) is 18.4 Å². The highest BCUT2D eigenvalue weighted by atomic mass is 32.2. The van der Waals surface area contributed by atoms with E-state index in [4.69, 9.17) is 0 Å². The second kappa shape index (κ2) is 4.02. The van der Waals surface area contributed by atoms with Crippen LogP contribution in [0.5, 0.6) is 0 Å². The fourth-order valence-corrected chi connectivity index (χ4v) is 1.85. The molecule has 1 aromatic rings. The molecule has 72 valence electrons. The molecule has 0 radical (unpaired) electrons. The van der Waals surface area contributed by atoms with Crippen molar-refractivity contribution in [1.29, 1.82) is 0 Å². The third-order valence-electron chi connectivity index (χ3n) is 1.39. The molecule has 0 spiro atoms. The Morgan fingerprint density at radius 3 is 2.15 bits per heavy atom. The van der Waals surface area contributed by atoms with Gasteiger partial charge < -0.3 is 0 Å². The zero-order valence-corrected chi connectivity index (χ0v) is 9.08. The number of rotatable bonds is 3. The molecule has 0 heterocycles. The van der Waals surface area contributed by atoms with E-state index in [9.17, 15) is 8.42 Å².